The van der Waals surface area contributed by atoms with Crippen LogP contribution in [0.1, 0.15) is 52.5 Å². The van der Waals surface area contributed by atoms with E-state index < -0.39 is 102 Å². The lowest BCUT2D eigenvalue weighted by Crippen LogP contribution is -2.61. The molecule has 11 atom stereocenters. The summed E-state index contributed by atoms with van der Waals surface area (Å²) >= 11 is 1.21. The fourth-order valence-electron chi connectivity index (χ4n) is 7.35. The first-order valence-electron chi connectivity index (χ1n) is 18.6. The van der Waals surface area contributed by atoms with Gasteiger partial charge in [0.05, 0.1) is 22.8 Å². The second-order valence-electron chi connectivity index (χ2n) is 15.2. The average Bonchev–Trinajstić information content (AvgIpc) is 3.58. The van der Waals surface area contributed by atoms with E-state index in [2.05, 4.69) is 36.9 Å². The van der Waals surface area contributed by atoms with Crippen molar-refractivity contribution in [3.05, 3.63) is 29.8 Å². The summed E-state index contributed by atoms with van der Waals surface area (Å²) in [6.07, 6.45) is -2.19. The Hall–Kier alpha value is -4.27. The number of nitrogens with one attached hydrogen (secondary N) is 7. The van der Waals surface area contributed by atoms with Crippen LogP contribution in [0.4, 0.5) is 0 Å². The molecule has 4 unspecified atom stereocenters. The average molecular weight is 786 g/mol. The number of carbonyl (C=O) groups is 6. The third-order valence-corrected chi connectivity index (χ3v) is 11.8. The molecule has 55 heavy (non-hydrogen) atoms. The molecule has 2 saturated heterocycles. The molecular formula is C36H51N9O9S. The Morgan fingerprint density at radius 3 is 2.42 bits per heavy atom. The van der Waals surface area contributed by atoms with Crippen LogP contribution in [0.5, 0.6) is 0 Å². The van der Waals surface area contributed by atoms with Crippen LogP contribution in [-0.4, -0.2) is 141 Å². The molecule has 5 heterocycles. The lowest BCUT2D eigenvalue weighted by Gasteiger charge is -2.31. The molecule has 0 aliphatic carbocycles. The predicted molar refractivity (Wildman–Crippen MR) is 200 cm³/mol. The van der Waals surface area contributed by atoms with Crippen molar-refractivity contribution in [2.24, 2.45) is 5.73 Å². The van der Waals surface area contributed by atoms with E-state index in [-0.39, 0.29) is 31.7 Å². The highest BCUT2D eigenvalue weighted by molar-refractivity contribution is 7.99. The summed E-state index contributed by atoms with van der Waals surface area (Å²) in [4.78, 5) is 88.7. The minimum absolute atomic E-state index is 0.00432. The molecule has 0 saturated carbocycles. The standard InChI is InChI=1S/C36H51N9O9S/c1-16-27-33(54-27)44-26(18(3)46)32(51)42-24-14-55-34-20(19-8-5-6-9-21(19)43-34)12-22(29(48)41-23(30(49)38-16)13-36(4,53)15-37)40-28(47)17(2)39-31(50)25-10-7-11-45(25)35(24)52/h5-6,8-9,16-18,22-27,33,43-44,46,53H,7,10-15,37H2,1-4H3,(H,38,49)(H,39,50)(H,40,47)(H,41,48)(H,42,51)/t16-,17-,18-,22-,23-,24+,25-,26?,27?,33?,36?/m0/s1. The van der Waals surface area contributed by atoms with Crippen molar-refractivity contribution in [2.75, 3.05) is 18.8 Å². The van der Waals surface area contributed by atoms with Gasteiger partial charge >= 0.3 is 0 Å². The maximum Gasteiger partial charge on any atom is 0.246 e. The monoisotopic (exact) mass is 785 g/mol. The van der Waals surface area contributed by atoms with E-state index in [4.69, 9.17) is 10.5 Å². The number of thioether (sulfide) groups is 1. The van der Waals surface area contributed by atoms with E-state index in [0.29, 0.717) is 28.9 Å². The lowest BCUT2D eigenvalue weighted by atomic mass is 9.95. The molecule has 6 rings (SSSR count). The maximum atomic E-state index is 14.4. The minimum atomic E-state index is -1.57. The summed E-state index contributed by atoms with van der Waals surface area (Å²) in [6, 6.07) is -0.424. The van der Waals surface area contributed by atoms with Gasteiger partial charge in [-0.3, -0.25) is 34.1 Å². The quantitative estimate of drug-likeness (QED) is 0.144. The van der Waals surface area contributed by atoms with Crippen LogP contribution in [0, 0.1) is 0 Å². The van der Waals surface area contributed by atoms with Gasteiger partial charge in [0, 0.05) is 42.6 Å². The summed E-state index contributed by atoms with van der Waals surface area (Å²) < 4.78 is 5.76. The van der Waals surface area contributed by atoms with E-state index >= 15 is 0 Å². The van der Waals surface area contributed by atoms with Gasteiger partial charge in [0.25, 0.3) is 0 Å². The van der Waals surface area contributed by atoms with Crippen LogP contribution in [0.15, 0.2) is 29.3 Å². The van der Waals surface area contributed by atoms with Crippen LogP contribution < -0.4 is 37.6 Å². The number of aliphatic hydroxyl groups is 2. The van der Waals surface area contributed by atoms with Gasteiger partial charge in [-0.15, -0.1) is 11.8 Å². The molecule has 4 aliphatic rings. The number of amides is 6. The molecule has 2 fully saturated rings. The molecule has 0 spiro atoms. The van der Waals surface area contributed by atoms with E-state index in [1.165, 1.54) is 37.4 Å². The number of rotatable bonds is 4. The van der Waals surface area contributed by atoms with Gasteiger partial charge in [-0.25, -0.2) is 0 Å². The number of epoxide rings is 1. The number of nitrogens with zero attached hydrogens (tertiary/aromatic N) is 1. The van der Waals surface area contributed by atoms with Crippen LogP contribution in [-0.2, 0) is 39.9 Å². The van der Waals surface area contributed by atoms with Crippen molar-refractivity contribution in [3.8, 4) is 0 Å². The summed E-state index contributed by atoms with van der Waals surface area (Å²) in [5, 5.41) is 39.8. The summed E-state index contributed by atoms with van der Waals surface area (Å²) in [6.45, 7) is 6.00. The maximum absolute atomic E-state index is 14.4. The third kappa shape index (κ3) is 9.08. The number of aromatic nitrogens is 1. The zero-order chi connectivity index (χ0) is 39.8. The highest BCUT2D eigenvalue weighted by atomic mass is 32.2. The second-order valence-corrected chi connectivity index (χ2v) is 16.2. The fourth-order valence-corrected chi connectivity index (χ4v) is 8.46. The topological polar surface area (TPSA) is 273 Å². The van der Waals surface area contributed by atoms with Crippen molar-refractivity contribution >= 4 is 58.1 Å². The molecular weight excluding hydrogens is 735 g/mol. The van der Waals surface area contributed by atoms with Crippen molar-refractivity contribution in [3.63, 3.8) is 0 Å². The number of nitrogens with two attached hydrogens (primary N) is 1. The fraction of sp³-hybridized carbons (Fsp3) is 0.611. The Bertz CT molecular complexity index is 1820. The zero-order valence-corrected chi connectivity index (χ0v) is 32.0. The summed E-state index contributed by atoms with van der Waals surface area (Å²) in [7, 11) is 0. The normalized spacial score (nSPS) is 33.0. The van der Waals surface area contributed by atoms with Gasteiger partial charge < -0.3 is 57.2 Å². The Balaban J connectivity index is 1.47. The highest BCUT2D eigenvalue weighted by Gasteiger charge is 2.48. The molecule has 2 aromatic rings. The van der Waals surface area contributed by atoms with E-state index in [1.54, 1.807) is 6.92 Å². The number of ether oxygens (including phenoxy) is 1. The number of carbonyl (C=O) groups excluding carboxylic acids is 6. The van der Waals surface area contributed by atoms with Crippen LogP contribution in [0.25, 0.3) is 10.9 Å². The number of para-hydroxylation sites is 1. The van der Waals surface area contributed by atoms with Crippen molar-refractivity contribution in [2.45, 2.75) is 125 Å². The molecule has 6 amide bonds. The Morgan fingerprint density at radius 2 is 1.69 bits per heavy atom. The van der Waals surface area contributed by atoms with Crippen molar-refractivity contribution in [1.29, 1.82) is 0 Å². The predicted octanol–water partition coefficient (Wildman–Crippen LogP) is -2.55. The number of aliphatic hydroxyl groups excluding tert-OH is 1. The van der Waals surface area contributed by atoms with Crippen LogP contribution in [0.2, 0.25) is 0 Å². The minimum Gasteiger partial charge on any atom is -0.391 e. The van der Waals surface area contributed by atoms with Crippen molar-refractivity contribution < 1.29 is 43.7 Å². The van der Waals surface area contributed by atoms with E-state index in [1.807, 2.05) is 24.3 Å². The van der Waals surface area contributed by atoms with Gasteiger partial charge in [-0.05, 0) is 52.2 Å². The Labute approximate surface area is 322 Å². The number of benzene rings is 1. The van der Waals surface area contributed by atoms with Crippen LogP contribution in [0.3, 0.4) is 0 Å². The van der Waals surface area contributed by atoms with Crippen LogP contribution >= 0.6 is 11.8 Å². The second kappa shape index (κ2) is 16.4. The molecule has 18 nitrogen and oxygen atoms in total. The highest BCUT2D eigenvalue weighted by Crippen LogP contribution is 2.33. The number of fused-ring (bicyclic) bond motifs is 6. The molecule has 300 valence electrons. The molecule has 4 aliphatic heterocycles. The molecule has 1 aromatic carbocycles. The first-order chi connectivity index (χ1) is 26.1. The zero-order valence-electron chi connectivity index (χ0n) is 31.2. The van der Waals surface area contributed by atoms with Crippen molar-refractivity contribution in [1.82, 2.24) is 41.8 Å². The van der Waals surface area contributed by atoms with E-state index in [9.17, 15) is 39.0 Å². The van der Waals surface area contributed by atoms with Gasteiger partial charge in [-0.2, -0.15) is 0 Å². The number of hydrogen-bond acceptors (Lipinski definition) is 12. The first-order valence-corrected chi connectivity index (χ1v) is 19.6. The number of aromatic amines is 1. The largest absolute Gasteiger partial charge is 0.391 e. The van der Waals surface area contributed by atoms with Gasteiger partial charge in [0.2, 0.25) is 35.4 Å². The molecule has 11 N–H and O–H groups in total. The summed E-state index contributed by atoms with van der Waals surface area (Å²) in [5.74, 6) is -3.85. The number of H-pyrrole nitrogens is 1. The molecule has 2 bridgehead atoms. The Kier molecular flexibility index (Phi) is 12.1. The Morgan fingerprint density at radius 1 is 0.964 bits per heavy atom. The van der Waals surface area contributed by atoms with Gasteiger partial charge in [0.15, 0.2) is 0 Å². The molecule has 19 heteroatoms. The third-order valence-electron chi connectivity index (χ3n) is 10.6. The number of hydrogen-bond donors (Lipinski definition) is 10. The SMILES string of the molecule is C[C@@H]1NC(=O)[C@@H]2CCCN2C(=O)[C@H]2CSc3[nH]c4ccccc4c3C[C@H](NC1=O)C(=O)N[C@@H](CC(C)(O)CN)C(=O)N[C@@H](C)C1OC1NC([C@H](C)O)C(=O)N2. The summed E-state index contributed by atoms with van der Waals surface area (Å²) in [5.41, 5.74) is 5.58. The smallest absolute Gasteiger partial charge is 0.246 e. The molecule has 1 aromatic heterocycles. The van der Waals surface area contributed by atoms with Gasteiger partial charge in [-0.1, -0.05) is 18.2 Å². The first kappa shape index (κ1) is 40.4. The molecule has 0 radical (unpaired) electrons. The lowest BCUT2D eigenvalue weighted by molar-refractivity contribution is -0.142. The van der Waals surface area contributed by atoms with Gasteiger partial charge in [0.1, 0.15) is 48.6 Å². The van der Waals surface area contributed by atoms with E-state index in [0.717, 1.165) is 5.39 Å².